The van der Waals surface area contributed by atoms with E-state index in [0.29, 0.717) is 22.9 Å². The van der Waals surface area contributed by atoms with Crippen LogP contribution in [0.5, 0.6) is 0 Å². The Balaban J connectivity index is 1.73. The third-order valence-electron chi connectivity index (χ3n) is 5.29. The van der Waals surface area contributed by atoms with Gasteiger partial charge in [0.1, 0.15) is 0 Å². The summed E-state index contributed by atoms with van der Waals surface area (Å²) >= 11 is 0. The van der Waals surface area contributed by atoms with Crippen LogP contribution in [0.3, 0.4) is 0 Å². The van der Waals surface area contributed by atoms with Crippen LogP contribution in [-0.2, 0) is 13.5 Å². The second-order valence-corrected chi connectivity index (χ2v) is 7.03. The lowest BCUT2D eigenvalue weighted by Crippen LogP contribution is -2.12. The summed E-state index contributed by atoms with van der Waals surface area (Å²) in [5.74, 6) is 0.472. The average molecular weight is 333 g/mol. The van der Waals surface area contributed by atoms with Gasteiger partial charge in [-0.2, -0.15) is 0 Å². The zero-order chi connectivity index (χ0) is 17.6. The molecule has 1 amide bonds. The molecule has 1 aromatic heterocycles. The zero-order valence-corrected chi connectivity index (χ0v) is 14.7. The van der Waals surface area contributed by atoms with Crippen LogP contribution in [0.4, 0.5) is 11.4 Å². The molecule has 25 heavy (non-hydrogen) atoms. The van der Waals surface area contributed by atoms with Crippen LogP contribution in [0.1, 0.15) is 47.3 Å². The van der Waals surface area contributed by atoms with E-state index in [1.165, 1.54) is 35.0 Å². The monoisotopic (exact) mass is 333 g/mol. The standard InChI is InChI=1S/C21H23N3O/c1-13-5-3-8-17-18-11-14(9-10-19(18)24(2)20(13)17)21(25)23-16-7-4-6-15(22)12-16/h4,6-7,9-13H,3,5,8,22H2,1-2H3,(H,23,25). The number of amides is 1. The Morgan fingerprint density at radius 1 is 1.24 bits per heavy atom. The highest BCUT2D eigenvalue weighted by atomic mass is 16.1. The molecule has 0 bridgehead atoms. The van der Waals surface area contributed by atoms with E-state index in [4.69, 9.17) is 5.73 Å². The lowest BCUT2D eigenvalue weighted by atomic mass is 9.88. The Labute approximate surface area is 147 Å². The second-order valence-electron chi connectivity index (χ2n) is 7.03. The minimum absolute atomic E-state index is 0.103. The molecule has 0 fully saturated rings. The fraction of sp³-hybridized carbons (Fsp3) is 0.286. The molecule has 1 aliphatic carbocycles. The molecule has 3 N–H and O–H groups in total. The Kier molecular flexibility index (Phi) is 3.75. The van der Waals surface area contributed by atoms with Gasteiger partial charge in [0.15, 0.2) is 0 Å². The molecule has 0 radical (unpaired) electrons. The van der Waals surface area contributed by atoms with Gasteiger partial charge in [0.05, 0.1) is 0 Å². The summed E-state index contributed by atoms with van der Waals surface area (Å²) in [5, 5.41) is 4.15. The van der Waals surface area contributed by atoms with Gasteiger partial charge in [0, 0.05) is 40.6 Å². The minimum atomic E-state index is -0.103. The number of hydrogen-bond donors (Lipinski definition) is 2. The van der Waals surface area contributed by atoms with E-state index in [2.05, 4.69) is 29.9 Å². The smallest absolute Gasteiger partial charge is 0.255 e. The van der Waals surface area contributed by atoms with Gasteiger partial charge in [-0.25, -0.2) is 0 Å². The van der Waals surface area contributed by atoms with Crippen LogP contribution in [-0.4, -0.2) is 10.5 Å². The number of benzene rings is 2. The largest absolute Gasteiger partial charge is 0.399 e. The SMILES string of the molecule is CC1CCCc2c1n(C)c1ccc(C(=O)Nc3cccc(N)c3)cc21. The van der Waals surface area contributed by atoms with Crippen molar-refractivity contribution in [2.24, 2.45) is 7.05 Å². The molecule has 128 valence electrons. The summed E-state index contributed by atoms with van der Waals surface area (Å²) in [6.07, 6.45) is 3.55. The van der Waals surface area contributed by atoms with Crippen LogP contribution >= 0.6 is 0 Å². The molecule has 0 spiro atoms. The van der Waals surface area contributed by atoms with E-state index in [1.807, 2.05) is 24.3 Å². The van der Waals surface area contributed by atoms with Crippen molar-refractivity contribution in [1.82, 2.24) is 4.57 Å². The van der Waals surface area contributed by atoms with Crippen molar-refractivity contribution in [3.8, 4) is 0 Å². The summed E-state index contributed by atoms with van der Waals surface area (Å²) in [5.41, 5.74) is 11.9. The molecule has 0 aliphatic heterocycles. The lowest BCUT2D eigenvalue weighted by molar-refractivity contribution is 0.102. The van der Waals surface area contributed by atoms with E-state index in [0.717, 1.165) is 6.42 Å². The van der Waals surface area contributed by atoms with Crippen LogP contribution in [0.25, 0.3) is 10.9 Å². The van der Waals surface area contributed by atoms with E-state index >= 15 is 0 Å². The summed E-state index contributed by atoms with van der Waals surface area (Å²) < 4.78 is 2.30. The van der Waals surface area contributed by atoms with Gasteiger partial charge >= 0.3 is 0 Å². The van der Waals surface area contributed by atoms with Gasteiger partial charge in [-0.15, -0.1) is 0 Å². The Morgan fingerprint density at radius 2 is 2.08 bits per heavy atom. The molecule has 1 aliphatic rings. The summed E-state index contributed by atoms with van der Waals surface area (Å²) in [4.78, 5) is 12.6. The number of carbonyl (C=O) groups is 1. The van der Waals surface area contributed by atoms with Gasteiger partial charge in [0.2, 0.25) is 0 Å². The second kappa shape index (κ2) is 5.96. The van der Waals surface area contributed by atoms with E-state index in [-0.39, 0.29) is 5.91 Å². The van der Waals surface area contributed by atoms with Crippen molar-refractivity contribution < 1.29 is 4.79 Å². The molecule has 1 unspecified atom stereocenters. The maximum absolute atomic E-state index is 12.6. The Hall–Kier alpha value is -2.75. The molecule has 1 heterocycles. The van der Waals surface area contributed by atoms with Crippen molar-refractivity contribution in [3.05, 3.63) is 59.3 Å². The van der Waals surface area contributed by atoms with E-state index in [1.54, 1.807) is 12.1 Å². The number of rotatable bonds is 2. The highest BCUT2D eigenvalue weighted by Gasteiger charge is 2.24. The molecular weight excluding hydrogens is 310 g/mol. The van der Waals surface area contributed by atoms with Crippen LogP contribution in [0.15, 0.2) is 42.5 Å². The van der Waals surface area contributed by atoms with Crippen LogP contribution in [0, 0.1) is 0 Å². The summed E-state index contributed by atoms with van der Waals surface area (Å²) in [6.45, 7) is 2.30. The summed E-state index contributed by atoms with van der Waals surface area (Å²) in [7, 11) is 2.13. The molecule has 0 saturated carbocycles. The number of nitrogen functional groups attached to an aromatic ring is 1. The summed E-state index contributed by atoms with van der Waals surface area (Å²) in [6, 6.07) is 13.3. The third-order valence-corrected chi connectivity index (χ3v) is 5.29. The first kappa shape index (κ1) is 15.8. The van der Waals surface area contributed by atoms with Crippen molar-refractivity contribution in [3.63, 3.8) is 0 Å². The average Bonchev–Trinajstić information content (AvgIpc) is 2.88. The molecular formula is C21H23N3O. The van der Waals surface area contributed by atoms with Crippen molar-refractivity contribution in [1.29, 1.82) is 0 Å². The molecule has 2 aromatic carbocycles. The number of fused-ring (bicyclic) bond motifs is 3. The molecule has 1 atom stereocenters. The molecule has 4 heteroatoms. The fourth-order valence-corrected chi connectivity index (χ4v) is 4.11. The Bertz CT molecular complexity index is 971. The van der Waals surface area contributed by atoms with Crippen molar-refractivity contribution >= 4 is 28.2 Å². The van der Waals surface area contributed by atoms with Crippen LogP contribution in [0.2, 0.25) is 0 Å². The number of anilines is 2. The van der Waals surface area contributed by atoms with Gasteiger partial charge in [-0.05, 0) is 67.1 Å². The number of nitrogens with zero attached hydrogens (tertiary/aromatic N) is 1. The number of hydrogen-bond acceptors (Lipinski definition) is 2. The topological polar surface area (TPSA) is 60.0 Å². The number of nitrogens with two attached hydrogens (primary N) is 1. The number of aromatic nitrogens is 1. The Morgan fingerprint density at radius 3 is 2.88 bits per heavy atom. The predicted octanol–water partition coefficient (Wildman–Crippen LogP) is 4.45. The first-order valence-corrected chi connectivity index (χ1v) is 8.82. The molecule has 0 saturated heterocycles. The van der Waals surface area contributed by atoms with Crippen molar-refractivity contribution in [2.75, 3.05) is 11.1 Å². The minimum Gasteiger partial charge on any atom is -0.399 e. The van der Waals surface area contributed by atoms with Gasteiger partial charge in [-0.1, -0.05) is 13.0 Å². The third kappa shape index (κ3) is 2.68. The predicted molar refractivity (Wildman–Crippen MR) is 103 cm³/mol. The normalized spacial score (nSPS) is 16.6. The van der Waals surface area contributed by atoms with Gasteiger partial charge in [0.25, 0.3) is 5.91 Å². The first-order valence-electron chi connectivity index (χ1n) is 8.82. The molecule has 4 rings (SSSR count). The number of aryl methyl sites for hydroxylation is 2. The highest BCUT2D eigenvalue weighted by Crippen LogP contribution is 2.38. The maximum atomic E-state index is 12.6. The first-order chi connectivity index (χ1) is 12.0. The number of nitrogens with one attached hydrogen (secondary N) is 1. The number of carbonyl (C=O) groups excluding carboxylic acids is 1. The molecule has 4 nitrogen and oxygen atoms in total. The van der Waals surface area contributed by atoms with Gasteiger partial charge in [-0.3, -0.25) is 4.79 Å². The van der Waals surface area contributed by atoms with E-state index in [9.17, 15) is 4.79 Å². The van der Waals surface area contributed by atoms with Gasteiger partial charge < -0.3 is 15.6 Å². The van der Waals surface area contributed by atoms with Crippen LogP contribution < -0.4 is 11.1 Å². The molecule has 3 aromatic rings. The maximum Gasteiger partial charge on any atom is 0.255 e. The quantitative estimate of drug-likeness (QED) is 0.681. The fourth-order valence-electron chi connectivity index (χ4n) is 4.11. The van der Waals surface area contributed by atoms with E-state index < -0.39 is 0 Å². The van der Waals surface area contributed by atoms with Crippen molar-refractivity contribution in [2.45, 2.75) is 32.1 Å². The highest BCUT2D eigenvalue weighted by molar-refractivity contribution is 6.07. The lowest BCUT2D eigenvalue weighted by Gasteiger charge is -2.20. The zero-order valence-electron chi connectivity index (χ0n) is 14.7.